The first-order valence-corrected chi connectivity index (χ1v) is 9.31. The van der Waals surface area contributed by atoms with Crippen molar-refractivity contribution in [2.75, 3.05) is 5.75 Å². The molecular formula is C18H21N5OS. The van der Waals surface area contributed by atoms with Gasteiger partial charge in [0.15, 0.2) is 5.16 Å². The van der Waals surface area contributed by atoms with Crippen LogP contribution in [-0.4, -0.2) is 32.0 Å². The van der Waals surface area contributed by atoms with Crippen molar-refractivity contribution in [2.45, 2.75) is 43.4 Å². The molecule has 130 valence electrons. The van der Waals surface area contributed by atoms with Gasteiger partial charge >= 0.3 is 0 Å². The van der Waals surface area contributed by atoms with Crippen molar-refractivity contribution in [3.8, 4) is 6.07 Å². The topological polar surface area (TPSA) is 83.6 Å². The van der Waals surface area contributed by atoms with Gasteiger partial charge in [0.25, 0.3) is 0 Å². The second kappa shape index (κ2) is 7.28. The summed E-state index contributed by atoms with van der Waals surface area (Å²) in [6.07, 6.45) is 3.68. The highest BCUT2D eigenvalue weighted by atomic mass is 32.2. The van der Waals surface area contributed by atoms with E-state index in [9.17, 15) is 10.1 Å². The Labute approximate surface area is 151 Å². The maximum absolute atomic E-state index is 12.3. The molecule has 25 heavy (non-hydrogen) atoms. The van der Waals surface area contributed by atoms with Gasteiger partial charge < -0.3 is 9.88 Å². The summed E-state index contributed by atoms with van der Waals surface area (Å²) >= 11 is 1.34. The lowest BCUT2D eigenvalue weighted by atomic mass is 9.98. The third-order valence-corrected chi connectivity index (χ3v) is 5.55. The first kappa shape index (κ1) is 17.5. The number of thioether (sulfide) groups is 1. The first-order valence-electron chi connectivity index (χ1n) is 8.33. The minimum absolute atomic E-state index is 0.0811. The number of rotatable bonds is 7. The molecule has 0 bridgehead atoms. The quantitative estimate of drug-likeness (QED) is 0.772. The van der Waals surface area contributed by atoms with E-state index in [0.29, 0.717) is 5.16 Å². The molecule has 0 aliphatic heterocycles. The van der Waals surface area contributed by atoms with Crippen LogP contribution < -0.4 is 5.32 Å². The van der Waals surface area contributed by atoms with Crippen molar-refractivity contribution >= 4 is 17.7 Å². The number of nitriles is 1. The Morgan fingerprint density at radius 3 is 2.84 bits per heavy atom. The summed E-state index contributed by atoms with van der Waals surface area (Å²) in [4.78, 5) is 12.3. The van der Waals surface area contributed by atoms with E-state index in [1.807, 2.05) is 22.8 Å². The molecule has 1 N–H and O–H groups in total. The molecule has 2 atom stereocenters. The average Bonchev–Trinajstić information content (AvgIpc) is 3.39. The van der Waals surface area contributed by atoms with E-state index >= 15 is 0 Å². The molecule has 0 spiro atoms. The van der Waals surface area contributed by atoms with Crippen LogP contribution in [0, 0.1) is 17.2 Å². The summed E-state index contributed by atoms with van der Waals surface area (Å²) in [5, 5.41) is 21.0. The van der Waals surface area contributed by atoms with E-state index in [1.54, 1.807) is 13.3 Å². The van der Waals surface area contributed by atoms with Crippen molar-refractivity contribution in [3.63, 3.8) is 0 Å². The molecule has 1 saturated carbocycles. The molecule has 2 aromatic rings. The predicted molar refractivity (Wildman–Crippen MR) is 95.9 cm³/mol. The second-order valence-electron chi connectivity index (χ2n) is 6.53. The minimum Gasteiger partial charge on any atom is -0.337 e. The third-order valence-electron chi connectivity index (χ3n) is 4.60. The van der Waals surface area contributed by atoms with Crippen LogP contribution >= 0.6 is 11.8 Å². The van der Waals surface area contributed by atoms with Crippen LogP contribution in [0.3, 0.4) is 0 Å². The Bertz CT molecular complexity index is 780. The summed E-state index contributed by atoms with van der Waals surface area (Å²) in [6, 6.07) is 12.4. The number of aromatic nitrogens is 3. The van der Waals surface area contributed by atoms with Crippen molar-refractivity contribution < 1.29 is 4.79 Å². The number of hydrogen-bond acceptors (Lipinski definition) is 5. The molecule has 1 aromatic heterocycles. The number of carbonyl (C=O) groups is 1. The molecule has 1 fully saturated rings. The zero-order chi connectivity index (χ0) is 17.9. The Morgan fingerprint density at radius 2 is 2.20 bits per heavy atom. The zero-order valence-corrected chi connectivity index (χ0v) is 15.2. The largest absolute Gasteiger partial charge is 0.337 e. The maximum atomic E-state index is 12.3. The molecule has 7 heteroatoms. The number of benzene rings is 1. The molecule has 0 saturated heterocycles. The van der Waals surface area contributed by atoms with E-state index in [2.05, 4.69) is 40.6 Å². The van der Waals surface area contributed by atoms with Crippen LogP contribution in [0.15, 0.2) is 41.8 Å². The highest BCUT2D eigenvalue weighted by molar-refractivity contribution is 7.99. The van der Waals surface area contributed by atoms with Gasteiger partial charge in [-0.2, -0.15) is 5.26 Å². The molecule has 0 unspecified atom stereocenters. The molecule has 1 heterocycles. The van der Waals surface area contributed by atoms with Crippen LogP contribution in [0.4, 0.5) is 0 Å². The highest BCUT2D eigenvalue weighted by Gasteiger charge is 2.42. The molecule has 1 aliphatic carbocycles. The molecule has 0 radical (unpaired) electrons. The second-order valence-corrected chi connectivity index (χ2v) is 7.48. The fraction of sp³-hybridized carbons (Fsp3) is 0.444. The smallest absolute Gasteiger partial charge is 0.231 e. The fourth-order valence-electron chi connectivity index (χ4n) is 2.83. The van der Waals surface area contributed by atoms with E-state index in [-0.39, 0.29) is 23.6 Å². The molecule has 3 rings (SSSR count). The number of nitrogens with zero attached hydrogens (tertiary/aromatic N) is 4. The molecular weight excluding hydrogens is 334 g/mol. The third kappa shape index (κ3) is 4.02. The molecule has 1 amide bonds. The van der Waals surface area contributed by atoms with Gasteiger partial charge in [-0.3, -0.25) is 4.79 Å². The van der Waals surface area contributed by atoms with Gasteiger partial charge in [0.2, 0.25) is 5.91 Å². The monoisotopic (exact) mass is 355 g/mol. The Morgan fingerprint density at radius 1 is 1.48 bits per heavy atom. The number of nitrogens with one attached hydrogen (secondary N) is 1. The van der Waals surface area contributed by atoms with E-state index in [1.165, 1.54) is 11.8 Å². The lowest BCUT2D eigenvalue weighted by Crippen LogP contribution is -2.47. The van der Waals surface area contributed by atoms with Crippen molar-refractivity contribution in [1.82, 2.24) is 20.1 Å². The Balaban J connectivity index is 1.62. The Hall–Kier alpha value is -2.33. The Kier molecular flexibility index (Phi) is 5.09. The molecule has 1 aromatic carbocycles. The van der Waals surface area contributed by atoms with Gasteiger partial charge in [-0.05, 0) is 38.2 Å². The summed E-state index contributed by atoms with van der Waals surface area (Å²) in [6.45, 7) is 3.87. The van der Waals surface area contributed by atoms with Crippen LogP contribution in [0.25, 0.3) is 0 Å². The van der Waals surface area contributed by atoms with Gasteiger partial charge in [-0.1, -0.05) is 42.1 Å². The first-order chi connectivity index (χ1) is 12.0. The van der Waals surface area contributed by atoms with Crippen LogP contribution in [0.2, 0.25) is 0 Å². The van der Waals surface area contributed by atoms with Gasteiger partial charge in [0.1, 0.15) is 11.9 Å². The number of carbonyl (C=O) groups excluding carboxylic acids is 1. The van der Waals surface area contributed by atoms with Crippen molar-refractivity contribution in [2.24, 2.45) is 5.92 Å². The zero-order valence-electron chi connectivity index (χ0n) is 14.3. The van der Waals surface area contributed by atoms with Crippen LogP contribution in [-0.2, 0) is 4.79 Å². The summed E-state index contributed by atoms with van der Waals surface area (Å²) < 4.78 is 1.96. The molecule has 1 aliphatic rings. The number of amides is 1. The molecule has 6 nitrogen and oxygen atoms in total. The normalized spacial score (nSPS) is 17.3. The minimum atomic E-state index is -0.761. The summed E-state index contributed by atoms with van der Waals surface area (Å²) in [5.74, 6) is 0.334. The average molecular weight is 355 g/mol. The number of hydrogen-bond donors (Lipinski definition) is 1. The van der Waals surface area contributed by atoms with Gasteiger partial charge in [-0.15, -0.1) is 10.2 Å². The van der Waals surface area contributed by atoms with Crippen molar-refractivity contribution in [3.05, 3.63) is 42.2 Å². The lowest BCUT2D eigenvalue weighted by molar-refractivity contribution is -0.119. The van der Waals surface area contributed by atoms with E-state index < -0.39 is 5.54 Å². The van der Waals surface area contributed by atoms with Crippen molar-refractivity contribution in [1.29, 1.82) is 5.26 Å². The highest BCUT2D eigenvalue weighted by Crippen LogP contribution is 2.39. The van der Waals surface area contributed by atoms with E-state index in [4.69, 9.17) is 0 Å². The van der Waals surface area contributed by atoms with Gasteiger partial charge in [0.05, 0.1) is 17.9 Å². The summed E-state index contributed by atoms with van der Waals surface area (Å²) in [5.41, 5.74) is 0.391. The van der Waals surface area contributed by atoms with Crippen LogP contribution in [0.1, 0.15) is 38.3 Å². The SMILES string of the molecule is C[C@@H](c1ccccc1)n1cnnc1SCC(=O)N[C@@](C)(C#N)C1CC1. The van der Waals surface area contributed by atoms with Gasteiger partial charge in [-0.25, -0.2) is 0 Å². The van der Waals surface area contributed by atoms with Gasteiger partial charge in [0, 0.05) is 0 Å². The lowest BCUT2D eigenvalue weighted by Gasteiger charge is -2.22. The van der Waals surface area contributed by atoms with Crippen LogP contribution in [0.5, 0.6) is 0 Å². The predicted octanol–water partition coefficient (Wildman–Crippen LogP) is 2.79. The fourth-order valence-corrected chi connectivity index (χ4v) is 3.62. The van der Waals surface area contributed by atoms with E-state index in [0.717, 1.165) is 18.4 Å². The maximum Gasteiger partial charge on any atom is 0.231 e. The summed E-state index contributed by atoms with van der Waals surface area (Å²) in [7, 11) is 0. The standard InChI is InChI=1S/C18H21N5OS/c1-13(14-6-4-3-5-7-14)23-12-20-22-17(23)25-10-16(24)21-18(2,11-19)15-8-9-15/h3-7,12-13,15H,8-10H2,1-2H3,(H,21,24)/t13-,18-/m0/s1.